The van der Waals surface area contributed by atoms with Gasteiger partial charge in [0.2, 0.25) is 0 Å². The van der Waals surface area contributed by atoms with Gasteiger partial charge in [0, 0.05) is 12.2 Å². The molecule has 0 atom stereocenters. The van der Waals surface area contributed by atoms with E-state index in [2.05, 4.69) is 0 Å². The average Bonchev–Trinajstić information content (AvgIpc) is 1.76. The van der Waals surface area contributed by atoms with Gasteiger partial charge in [-0.25, -0.2) is 0 Å². The van der Waals surface area contributed by atoms with E-state index in [1.807, 2.05) is 27.7 Å². The molecule has 0 heterocycles. The number of hydrogen-bond acceptors (Lipinski definition) is 3. The zero-order valence-electron chi connectivity index (χ0n) is 9.53. The third kappa shape index (κ3) is 6.12. The van der Waals surface area contributed by atoms with Gasteiger partial charge in [-0.15, -0.1) is 0 Å². The van der Waals surface area contributed by atoms with Gasteiger partial charge in [-0.05, 0) is 34.2 Å². The van der Waals surface area contributed by atoms with Gasteiger partial charge < -0.3 is 14.0 Å². The minimum atomic E-state index is -2.54. The lowest BCUT2D eigenvalue weighted by Crippen LogP contribution is -2.44. The first-order chi connectivity index (χ1) is 6.25. The quantitative estimate of drug-likeness (QED) is 0.696. The molecule has 0 aliphatic heterocycles. The van der Waals surface area contributed by atoms with Crippen molar-refractivity contribution in [3.63, 3.8) is 0 Å². The van der Waals surface area contributed by atoms with Crippen LogP contribution in [0.1, 0.15) is 27.7 Å². The van der Waals surface area contributed by atoms with Crippen LogP contribution in [0.15, 0.2) is 0 Å². The van der Waals surface area contributed by atoms with Crippen LogP contribution in [-0.2, 0) is 13.6 Å². The molecule has 5 heteroatoms. The first-order valence-electron chi connectivity index (χ1n) is 4.82. The van der Waals surface area contributed by atoms with Gasteiger partial charge >= 0.3 is 14.5 Å². The van der Waals surface area contributed by atoms with E-state index < -0.39 is 14.5 Å². The van der Waals surface area contributed by atoms with E-state index in [-0.39, 0.29) is 18.3 Å². The third-order valence-corrected chi connectivity index (χ3v) is 4.33. The Morgan fingerprint density at radius 3 is 1.79 bits per heavy atom. The van der Waals surface area contributed by atoms with Gasteiger partial charge in [0.15, 0.2) is 0 Å². The molecule has 4 nitrogen and oxygen atoms in total. The van der Waals surface area contributed by atoms with Gasteiger partial charge in [-0.2, -0.15) is 0 Å². The van der Waals surface area contributed by atoms with Crippen molar-refractivity contribution in [3.8, 4) is 0 Å². The van der Waals surface area contributed by atoms with Crippen molar-refractivity contribution in [3.05, 3.63) is 0 Å². The second-order valence-corrected chi connectivity index (χ2v) is 7.13. The summed E-state index contributed by atoms with van der Waals surface area (Å²) in [6, 6.07) is -0.0106. The summed E-state index contributed by atoms with van der Waals surface area (Å²) in [5.41, 5.74) is 0. The predicted molar refractivity (Wildman–Crippen MR) is 56.5 cm³/mol. The maximum absolute atomic E-state index is 10.7. The fourth-order valence-electron chi connectivity index (χ4n) is 1.38. The summed E-state index contributed by atoms with van der Waals surface area (Å²) in [5, 5.41) is 8.75. The average molecular weight is 220 g/mol. The number of carbonyl (C=O) groups is 1. The molecular formula is C9H20O4Si. The molecule has 0 rings (SSSR count). The molecule has 0 aromatic rings. The van der Waals surface area contributed by atoms with Gasteiger partial charge in [0.25, 0.3) is 0 Å². The molecule has 0 saturated carbocycles. The monoisotopic (exact) mass is 220 g/mol. The van der Waals surface area contributed by atoms with Crippen molar-refractivity contribution in [2.24, 2.45) is 0 Å². The van der Waals surface area contributed by atoms with E-state index in [1.54, 1.807) is 6.55 Å². The minimum Gasteiger partial charge on any atom is -0.481 e. The van der Waals surface area contributed by atoms with E-state index >= 15 is 0 Å². The molecule has 0 amide bonds. The first kappa shape index (κ1) is 13.6. The van der Waals surface area contributed by atoms with Gasteiger partial charge in [0.05, 0.1) is 6.04 Å². The number of carboxylic acid groups (broad SMARTS) is 1. The Balaban J connectivity index is 4.40. The van der Waals surface area contributed by atoms with Crippen molar-refractivity contribution in [1.29, 1.82) is 0 Å². The summed E-state index contributed by atoms with van der Waals surface area (Å²) < 4.78 is 11.2. The van der Waals surface area contributed by atoms with Crippen LogP contribution in [0.2, 0.25) is 12.6 Å². The maximum Gasteiger partial charge on any atom is 0.346 e. The Morgan fingerprint density at radius 2 is 1.57 bits per heavy atom. The van der Waals surface area contributed by atoms with E-state index in [4.69, 9.17) is 14.0 Å². The molecular weight excluding hydrogens is 200 g/mol. The van der Waals surface area contributed by atoms with Crippen LogP contribution in [0, 0.1) is 0 Å². The van der Waals surface area contributed by atoms with Gasteiger partial charge in [0.1, 0.15) is 0 Å². The molecule has 0 radical (unpaired) electrons. The number of carboxylic acids is 1. The molecule has 0 aromatic heterocycles. The second-order valence-electron chi connectivity index (χ2n) is 4.04. The highest BCUT2D eigenvalue weighted by Crippen LogP contribution is 2.17. The summed E-state index contributed by atoms with van der Waals surface area (Å²) in [6.45, 7) is 9.34. The Morgan fingerprint density at radius 1 is 1.21 bits per heavy atom. The smallest absolute Gasteiger partial charge is 0.346 e. The summed E-state index contributed by atoms with van der Waals surface area (Å²) in [6.07, 6.45) is 0.00883. The highest BCUT2D eigenvalue weighted by Gasteiger charge is 2.36. The SMILES string of the molecule is CC(C)O[Si](C)(CC(=O)O)OC(C)C. The topological polar surface area (TPSA) is 55.8 Å². The molecule has 0 spiro atoms. The fraction of sp³-hybridized carbons (Fsp3) is 0.889. The van der Waals surface area contributed by atoms with E-state index in [9.17, 15) is 4.79 Å². The third-order valence-electron chi connectivity index (χ3n) is 1.44. The van der Waals surface area contributed by atoms with Crippen LogP contribution in [0.25, 0.3) is 0 Å². The minimum absolute atomic E-state index is 0.00441. The molecule has 0 bridgehead atoms. The van der Waals surface area contributed by atoms with Crippen molar-refractivity contribution in [2.75, 3.05) is 0 Å². The lowest BCUT2D eigenvalue weighted by molar-refractivity contribution is -0.135. The van der Waals surface area contributed by atoms with Crippen LogP contribution >= 0.6 is 0 Å². The molecule has 0 aliphatic carbocycles. The lowest BCUT2D eigenvalue weighted by Gasteiger charge is -2.29. The second kappa shape index (κ2) is 5.48. The Bertz CT molecular complexity index is 181. The van der Waals surface area contributed by atoms with E-state index in [0.29, 0.717) is 0 Å². The first-order valence-corrected chi connectivity index (χ1v) is 7.35. The highest BCUT2D eigenvalue weighted by atomic mass is 28.4. The number of hydrogen-bond donors (Lipinski definition) is 1. The summed E-state index contributed by atoms with van der Waals surface area (Å²) in [7, 11) is -2.54. The van der Waals surface area contributed by atoms with Gasteiger partial charge in [-0.3, -0.25) is 4.79 Å². The summed E-state index contributed by atoms with van der Waals surface area (Å²) in [5.74, 6) is -0.861. The largest absolute Gasteiger partial charge is 0.481 e. The molecule has 84 valence electrons. The maximum atomic E-state index is 10.7. The number of rotatable bonds is 6. The van der Waals surface area contributed by atoms with Crippen LogP contribution in [0.4, 0.5) is 0 Å². The number of aliphatic carboxylic acids is 1. The molecule has 0 saturated heterocycles. The van der Waals surface area contributed by atoms with E-state index in [0.717, 1.165) is 0 Å². The van der Waals surface area contributed by atoms with Crippen molar-refractivity contribution in [1.82, 2.24) is 0 Å². The van der Waals surface area contributed by atoms with Crippen molar-refractivity contribution < 1.29 is 18.8 Å². The zero-order valence-corrected chi connectivity index (χ0v) is 10.5. The van der Waals surface area contributed by atoms with Crippen molar-refractivity contribution in [2.45, 2.75) is 52.5 Å². The van der Waals surface area contributed by atoms with Crippen LogP contribution in [0.5, 0.6) is 0 Å². The predicted octanol–water partition coefficient (Wildman–Crippen LogP) is 1.99. The van der Waals surface area contributed by atoms with Crippen LogP contribution in [0.3, 0.4) is 0 Å². The Kier molecular flexibility index (Phi) is 5.32. The molecule has 1 N–H and O–H groups in total. The van der Waals surface area contributed by atoms with Crippen LogP contribution < -0.4 is 0 Å². The normalized spacial score (nSPS) is 12.5. The molecule has 0 aromatic carbocycles. The fourth-order valence-corrected chi connectivity index (χ4v) is 4.15. The van der Waals surface area contributed by atoms with Crippen LogP contribution in [-0.4, -0.2) is 31.8 Å². The van der Waals surface area contributed by atoms with Gasteiger partial charge in [-0.1, -0.05) is 0 Å². The van der Waals surface area contributed by atoms with Crippen molar-refractivity contribution >= 4 is 14.5 Å². The highest BCUT2D eigenvalue weighted by molar-refractivity contribution is 6.69. The summed E-state index contributed by atoms with van der Waals surface area (Å²) >= 11 is 0. The molecule has 0 fully saturated rings. The molecule has 14 heavy (non-hydrogen) atoms. The lowest BCUT2D eigenvalue weighted by atomic mass is 10.5. The standard InChI is InChI=1S/C9H20O4Si/c1-7(2)12-14(5,6-9(10)11)13-8(3)4/h7-8H,6H2,1-5H3,(H,10,11). The molecule has 0 unspecified atom stereocenters. The van der Waals surface area contributed by atoms with E-state index in [1.165, 1.54) is 0 Å². The zero-order chi connectivity index (χ0) is 11.4. The molecule has 0 aliphatic rings. The summed E-state index contributed by atoms with van der Waals surface area (Å²) in [4.78, 5) is 10.7. The Labute approximate surface area is 86.5 Å². The Hall–Kier alpha value is -0.393.